The second-order valence-corrected chi connectivity index (χ2v) is 7.63. The van der Waals surface area contributed by atoms with Crippen molar-refractivity contribution in [2.45, 2.75) is 33.2 Å². The molecule has 3 N–H and O–H groups in total. The number of rotatable bonds is 6. The van der Waals surface area contributed by atoms with Crippen LogP contribution in [0, 0.1) is 0 Å². The molecule has 0 aliphatic rings. The average Bonchev–Trinajstić information content (AvgIpc) is 2.78. The molecular weight excluding hydrogens is 402 g/mol. The summed E-state index contributed by atoms with van der Waals surface area (Å²) in [6.45, 7) is 6.10. The normalized spacial score (nSPS) is 11.2. The van der Waals surface area contributed by atoms with Crippen LogP contribution in [0.3, 0.4) is 0 Å². The number of amides is 2. The zero-order chi connectivity index (χ0) is 22.9. The van der Waals surface area contributed by atoms with Crippen LogP contribution in [0.15, 0.2) is 78.0 Å². The van der Waals surface area contributed by atoms with Crippen LogP contribution in [-0.4, -0.2) is 22.8 Å². The van der Waals surface area contributed by atoms with Gasteiger partial charge in [-0.25, -0.2) is 4.99 Å². The van der Waals surface area contributed by atoms with Gasteiger partial charge in [-0.15, -0.1) is 0 Å². The second-order valence-electron chi connectivity index (χ2n) is 7.63. The number of hydrogen-bond acceptors (Lipinski definition) is 4. The third-order valence-corrected chi connectivity index (χ3v) is 4.71. The highest BCUT2D eigenvalue weighted by molar-refractivity contribution is 6.10. The third kappa shape index (κ3) is 6.77. The summed E-state index contributed by atoms with van der Waals surface area (Å²) in [7, 11) is 0. The Hall–Kier alpha value is -4.00. The fraction of sp³-hybridized carbons (Fsp3) is 0.200. The fourth-order valence-electron chi connectivity index (χ4n) is 2.94. The molecule has 0 fully saturated rings. The average molecular weight is 430 g/mol. The summed E-state index contributed by atoms with van der Waals surface area (Å²) in [5, 5.41) is 8.73. The molecule has 0 aliphatic heterocycles. The van der Waals surface area contributed by atoms with E-state index in [1.54, 1.807) is 36.7 Å². The van der Waals surface area contributed by atoms with E-state index >= 15 is 0 Å². The molecule has 3 rings (SSSR count). The topological polar surface area (TPSA) is 95.5 Å². The highest BCUT2D eigenvalue weighted by atomic mass is 16.2. The van der Waals surface area contributed by atoms with Crippen molar-refractivity contribution in [3.05, 3.63) is 89.7 Å². The lowest BCUT2D eigenvalue weighted by Crippen LogP contribution is -2.36. The van der Waals surface area contributed by atoms with Gasteiger partial charge in [0.2, 0.25) is 11.9 Å². The van der Waals surface area contributed by atoms with Crippen molar-refractivity contribution < 1.29 is 9.59 Å². The van der Waals surface area contributed by atoms with Gasteiger partial charge < -0.3 is 10.6 Å². The van der Waals surface area contributed by atoms with Crippen LogP contribution in [0.2, 0.25) is 0 Å². The van der Waals surface area contributed by atoms with E-state index in [4.69, 9.17) is 0 Å². The molecule has 0 saturated carbocycles. The molecule has 1 aromatic heterocycles. The smallest absolute Gasteiger partial charge is 0.257 e. The minimum Gasteiger partial charge on any atom is -0.326 e. The van der Waals surface area contributed by atoms with Crippen LogP contribution in [-0.2, 0) is 11.3 Å². The minimum atomic E-state index is -0.306. The lowest BCUT2D eigenvalue weighted by molar-refractivity contribution is -0.114. The van der Waals surface area contributed by atoms with Crippen LogP contribution in [0.25, 0.3) is 0 Å². The number of aromatic nitrogens is 1. The van der Waals surface area contributed by atoms with E-state index in [0.29, 0.717) is 29.7 Å². The Labute approximate surface area is 188 Å². The molecule has 0 unspecified atom stereocenters. The maximum Gasteiger partial charge on any atom is 0.257 e. The van der Waals surface area contributed by atoms with Crippen molar-refractivity contribution in [1.82, 2.24) is 10.3 Å². The molecule has 32 heavy (non-hydrogen) atoms. The Morgan fingerprint density at radius 1 is 0.875 bits per heavy atom. The first-order valence-electron chi connectivity index (χ1n) is 10.4. The zero-order valence-corrected chi connectivity index (χ0v) is 18.4. The number of anilines is 2. The standard InChI is InChI=1S/C25H27N5O2/c1-17(2)20-4-8-23(9-5-20)29-25(27-16-19-12-14-26-15-13-19)30-24(32)21-6-10-22(11-7-21)28-18(3)31/h4-15,17H,16H2,1-3H3,(H,28,31)(H2,27,29,30,32). The maximum atomic E-state index is 12.8. The molecule has 7 heteroatoms. The molecule has 3 aromatic rings. The summed E-state index contributed by atoms with van der Waals surface area (Å²) >= 11 is 0. The third-order valence-electron chi connectivity index (χ3n) is 4.71. The molecule has 0 atom stereocenters. The number of benzene rings is 2. The highest BCUT2D eigenvalue weighted by Gasteiger charge is 2.10. The van der Waals surface area contributed by atoms with Crippen molar-refractivity contribution in [2.24, 2.45) is 4.99 Å². The number of carbonyl (C=O) groups excluding carboxylic acids is 2. The van der Waals surface area contributed by atoms with E-state index in [2.05, 4.69) is 51.9 Å². The Kier molecular flexibility index (Phi) is 7.70. The first kappa shape index (κ1) is 22.7. The van der Waals surface area contributed by atoms with Gasteiger partial charge in [-0.05, 0) is 65.6 Å². The van der Waals surface area contributed by atoms with Gasteiger partial charge in [0.1, 0.15) is 0 Å². The SMILES string of the molecule is CC(=O)Nc1ccc(C(=O)NC(=NCc2ccncc2)Nc2ccc(C(C)C)cc2)cc1. The number of nitrogens with zero attached hydrogens (tertiary/aromatic N) is 2. The molecule has 2 amide bonds. The number of nitrogens with one attached hydrogen (secondary N) is 3. The Bertz CT molecular complexity index is 1080. The van der Waals surface area contributed by atoms with E-state index in [-0.39, 0.29) is 11.8 Å². The summed E-state index contributed by atoms with van der Waals surface area (Å²) in [6.07, 6.45) is 3.41. The quantitative estimate of drug-likeness (QED) is 0.395. The minimum absolute atomic E-state index is 0.166. The predicted octanol–water partition coefficient (Wildman–Crippen LogP) is 4.56. The van der Waals surface area contributed by atoms with Gasteiger partial charge in [-0.1, -0.05) is 26.0 Å². The maximum absolute atomic E-state index is 12.8. The number of guanidine groups is 1. The Morgan fingerprint density at radius 2 is 1.47 bits per heavy atom. The number of hydrogen-bond donors (Lipinski definition) is 3. The predicted molar refractivity (Wildman–Crippen MR) is 128 cm³/mol. The zero-order valence-electron chi connectivity index (χ0n) is 18.4. The summed E-state index contributed by atoms with van der Waals surface area (Å²) in [6, 6.07) is 18.5. The Balaban J connectivity index is 1.76. The van der Waals surface area contributed by atoms with Gasteiger partial charge >= 0.3 is 0 Å². The lowest BCUT2D eigenvalue weighted by atomic mass is 10.0. The monoisotopic (exact) mass is 429 g/mol. The van der Waals surface area contributed by atoms with Crippen LogP contribution >= 0.6 is 0 Å². The van der Waals surface area contributed by atoms with Crippen molar-refractivity contribution in [2.75, 3.05) is 10.6 Å². The molecule has 0 aliphatic carbocycles. The molecule has 0 saturated heterocycles. The summed E-state index contributed by atoms with van der Waals surface area (Å²) in [5.41, 5.74) is 4.11. The second kappa shape index (κ2) is 10.9. The first-order chi connectivity index (χ1) is 15.4. The summed E-state index contributed by atoms with van der Waals surface area (Å²) in [4.78, 5) is 32.6. The number of aliphatic imine (C=N–C) groups is 1. The molecular formula is C25H27N5O2. The highest BCUT2D eigenvalue weighted by Crippen LogP contribution is 2.17. The first-order valence-corrected chi connectivity index (χ1v) is 10.4. The number of carbonyl (C=O) groups is 2. The molecule has 0 spiro atoms. The summed E-state index contributed by atoms with van der Waals surface area (Å²) in [5.74, 6) is 0.304. The van der Waals surface area contributed by atoms with Crippen molar-refractivity contribution in [1.29, 1.82) is 0 Å². The van der Waals surface area contributed by atoms with Crippen molar-refractivity contribution in [3.8, 4) is 0 Å². The molecule has 7 nitrogen and oxygen atoms in total. The van der Waals surface area contributed by atoms with Gasteiger partial charge in [0.25, 0.3) is 5.91 Å². The van der Waals surface area contributed by atoms with E-state index < -0.39 is 0 Å². The van der Waals surface area contributed by atoms with Gasteiger partial charge in [0.05, 0.1) is 6.54 Å². The summed E-state index contributed by atoms with van der Waals surface area (Å²) < 4.78 is 0. The van der Waals surface area contributed by atoms with Gasteiger partial charge in [0.15, 0.2) is 0 Å². The van der Waals surface area contributed by atoms with Gasteiger partial charge in [0, 0.05) is 36.3 Å². The molecule has 1 heterocycles. The lowest BCUT2D eigenvalue weighted by Gasteiger charge is -2.13. The largest absolute Gasteiger partial charge is 0.326 e. The van der Waals surface area contributed by atoms with Gasteiger partial charge in [-0.2, -0.15) is 0 Å². The van der Waals surface area contributed by atoms with E-state index in [9.17, 15) is 9.59 Å². The van der Waals surface area contributed by atoms with Crippen LogP contribution in [0.4, 0.5) is 11.4 Å². The Morgan fingerprint density at radius 3 is 2.06 bits per heavy atom. The van der Waals surface area contributed by atoms with Crippen LogP contribution in [0.1, 0.15) is 48.2 Å². The van der Waals surface area contributed by atoms with Crippen LogP contribution in [0.5, 0.6) is 0 Å². The van der Waals surface area contributed by atoms with E-state index in [1.165, 1.54) is 12.5 Å². The van der Waals surface area contributed by atoms with Crippen LogP contribution < -0.4 is 16.0 Å². The van der Waals surface area contributed by atoms with E-state index in [0.717, 1.165) is 11.3 Å². The molecule has 164 valence electrons. The van der Waals surface area contributed by atoms with Crippen molar-refractivity contribution >= 4 is 29.1 Å². The fourth-order valence-corrected chi connectivity index (χ4v) is 2.94. The molecule has 0 radical (unpaired) electrons. The number of pyridine rings is 1. The van der Waals surface area contributed by atoms with E-state index in [1.807, 2.05) is 24.3 Å². The molecule has 2 aromatic carbocycles. The van der Waals surface area contributed by atoms with Gasteiger partial charge in [-0.3, -0.25) is 19.9 Å². The van der Waals surface area contributed by atoms with Crippen molar-refractivity contribution in [3.63, 3.8) is 0 Å². The molecule has 0 bridgehead atoms.